The predicted molar refractivity (Wildman–Crippen MR) is 71.4 cm³/mol. The van der Waals surface area contributed by atoms with Crippen molar-refractivity contribution in [1.29, 1.82) is 0 Å². The number of hydrogen-bond acceptors (Lipinski definition) is 2. The van der Waals surface area contributed by atoms with Gasteiger partial charge in [0.15, 0.2) is 0 Å². The summed E-state index contributed by atoms with van der Waals surface area (Å²) in [5.41, 5.74) is 4.98. The van der Waals surface area contributed by atoms with E-state index >= 15 is 0 Å². The Morgan fingerprint density at radius 2 is 1.85 bits per heavy atom. The fraction of sp³-hybridized carbons (Fsp3) is 0.462. The minimum Gasteiger partial charge on any atom is -0.329 e. The molecule has 112 valence electrons. The molecule has 1 aromatic rings. The van der Waals surface area contributed by atoms with E-state index in [0.717, 1.165) is 12.1 Å². The summed E-state index contributed by atoms with van der Waals surface area (Å²) in [4.78, 5) is 13.5. The fourth-order valence-corrected chi connectivity index (χ4v) is 1.67. The lowest BCUT2D eigenvalue weighted by molar-refractivity contribution is -0.137. The highest BCUT2D eigenvalue weighted by Crippen LogP contribution is 2.29. The molecule has 20 heavy (non-hydrogen) atoms. The zero-order chi connectivity index (χ0) is 15.3. The Hall–Kier alpha value is -1.76. The second-order valence-corrected chi connectivity index (χ2v) is 4.58. The molecule has 0 atom stereocenters. The van der Waals surface area contributed by atoms with E-state index in [1.54, 1.807) is 0 Å². The van der Waals surface area contributed by atoms with Crippen molar-refractivity contribution in [3.63, 3.8) is 0 Å². The molecule has 1 aromatic carbocycles. The van der Waals surface area contributed by atoms with Gasteiger partial charge in [-0.1, -0.05) is 0 Å². The molecule has 4 nitrogen and oxygen atoms in total. The Morgan fingerprint density at radius 1 is 1.30 bits per heavy atom. The summed E-state index contributed by atoms with van der Waals surface area (Å²) in [7, 11) is 0. The predicted octanol–water partition coefficient (Wildman–Crippen LogP) is 2.91. The summed E-state index contributed by atoms with van der Waals surface area (Å²) in [6, 6.07) is 3.87. The maximum atomic E-state index is 12.4. The SMILES string of the molecule is CC(C)N(CCN)C(=O)Nc1ccc(C(F)(F)F)cc1. The van der Waals surface area contributed by atoms with Gasteiger partial charge in [-0.25, -0.2) is 4.79 Å². The number of rotatable bonds is 4. The second kappa shape index (κ2) is 6.60. The van der Waals surface area contributed by atoms with Crippen molar-refractivity contribution in [3.8, 4) is 0 Å². The number of nitrogens with zero attached hydrogens (tertiary/aromatic N) is 1. The number of urea groups is 1. The van der Waals surface area contributed by atoms with Crippen LogP contribution in [0.3, 0.4) is 0 Å². The van der Waals surface area contributed by atoms with Gasteiger partial charge in [0, 0.05) is 24.8 Å². The van der Waals surface area contributed by atoms with Crippen molar-refractivity contribution in [2.45, 2.75) is 26.1 Å². The molecule has 1 rings (SSSR count). The van der Waals surface area contributed by atoms with E-state index in [-0.39, 0.29) is 12.1 Å². The first-order chi connectivity index (χ1) is 9.25. The van der Waals surface area contributed by atoms with Gasteiger partial charge in [0.05, 0.1) is 5.56 Å². The summed E-state index contributed by atoms with van der Waals surface area (Å²) >= 11 is 0. The first-order valence-corrected chi connectivity index (χ1v) is 6.20. The highest BCUT2D eigenvalue weighted by atomic mass is 19.4. The maximum absolute atomic E-state index is 12.4. The van der Waals surface area contributed by atoms with Crippen LogP contribution < -0.4 is 11.1 Å². The minimum atomic E-state index is -4.38. The summed E-state index contributed by atoms with van der Waals surface area (Å²) < 4.78 is 37.2. The molecular weight excluding hydrogens is 271 g/mol. The van der Waals surface area contributed by atoms with Crippen LogP contribution in [0.2, 0.25) is 0 Å². The topological polar surface area (TPSA) is 58.4 Å². The van der Waals surface area contributed by atoms with E-state index in [0.29, 0.717) is 18.8 Å². The molecule has 0 aromatic heterocycles. The lowest BCUT2D eigenvalue weighted by atomic mass is 10.2. The largest absolute Gasteiger partial charge is 0.416 e. The monoisotopic (exact) mass is 289 g/mol. The van der Waals surface area contributed by atoms with Crippen molar-refractivity contribution in [2.75, 3.05) is 18.4 Å². The number of halogens is 3. The van der Waals surface area contributed by atoms with E-state index in [2.05, 4.69) is 5.32 Å². The van der Waals surface area contributed by atoms with Gasteiger partial charge in [0.1, 0.15) is 0 Å². The molecule has 0 radical (unpaired) electrons. The minimum absolute atomic E-state index is 0.0481. The molecule has 0 spiro atoms. The van der Waals surface area contributed by atoms with Gasteiger partial charge < -0.3 is 16.0 Å². The molecule has 0 heterocycles. The van der Waals surface area contributed by atoms with Crippen LogP contribution in [0, 0.1) is 0 Å². The number of hydrogen-bond donors (Lipinski definition) is 2. The van der Waals surface area contributed by atoms with E-state index < -0.39 is 11.7 Å². The highest BCUT2D eigenvalue weighted by molar-refractivity contribution is 5.89. The highest BCUT2D eigenvalue weighted by Gasteiger charge is 2.30. The normalized spacial score (nSPS) is 11.6. The van der Waals surface area contributed by atoms with Crippen LogP contribution in [0.15, 0.2) is 24.3 Å². The number of nitrogens with one attached hydrogen (secondary N) is 1. The van der Waals surface area contributed by atoms with Gasteiger partial charge in [-0.2, -0.15) is 13.2 Å². The van der Waals surface area contributed by atoms with E-state index in [1.165, 1.54) is 17.0 Å². The zero-order valence-electron chi connectivity index (χ0n) is 11.4. The maximum Gasteiger partial charge on any atom is 0.416 e. The van der Waals surface area contributed by atoms with Crippen LogP contribution >= 0.6 is 0 Å². The number of amides is 2. The first-order valence-electron chi connectivity index (χ1n) is 6.20. The van der Waals surface area contributed by atoms with Crippen LogP contribution in [0.1, 0.15) is 19.4 Å². The van der Waals surface area contributed by atoms with Crippen molar-refractivity contribution in [3.05, 3.63) is 29.8 Å². The van der Waals surface area contributed by atoms with Crippen LogP contribution in [-0.2, 0) is 6.18 Å². The van der Waals surface area contributed by atoms with E-state index in [9.17, 15) is 18.0 Å². The van der Waals surface area contributed by atoms with E-state index in [4.69, 9.17) is 5.73 Å². The van der Waals surface area contributed by atoms with Crippen molar-refractivity contribution < 1.29 is 18.0 Å². The van der Waals surface area contributed by atoms with Crippen LogP contribution in [0.4, 0.5) is 23.7 Å². The lowest BCUT2D eigenvalue weighted by Gasteiger charge is -2.26. The Kier molecular flexibility index (Phi) is 5.38. The van der Waals surface area contributed by atoms with Crippen molar-refractivity contribution in [2.24, 2.45) is 5.73 Å². The van der Waals surface area contributed by atoms with Gasteiger partial charge in [-0.3, -0.25) is 0 Å². The van der Waals surface area contributed by atoms with Crippen LogP contribution in [0.25, 0.3) is 0 Å². The number of anilines is 1. The Labute approximate surface area is 115 Å². The van der Waals surface area contributed by atoms with Gasteiger partial charge in [-0.05, 0) is 38.1 Å². The van der Waals surface area contributed by atoms with Crippen LogP contribution in [0.5, 0.6) is 0 Å². The summed E-state index contributed by atoms with van der Waals surface area (Å²) in [5.74, 6) is 0. The molecule has 7 heteroatoms. The van der Waals surface area contributed by atoms with Crippen LogP contribution in [-0.4, -0.2) is 30.1 Å². The number of nitrogens with two attached hydrogens (primary N) is 1. The van der Waals surface area contributed by atoms with Gasteiger partial charge >= 0.3 is 12.2 Å². The number of carbonyl (C=O) groups excluding carboxylic acids is 1. The van der Waals surface area contributed by atoms with Gasteiger partial charge in [-0.15, -0.1) is 0 Å². The van der Waals surface area contributed by atoms with Gasteiger partial charge in [0.25, 0.3) is 0 Å². The molecule has 2 amide bonds. The smallest absolute Gasteiger partial charge is 0.329 e. The molecule has 0 aliphatic heterocycles. The average molecular weight is 289 g/mol. The first kappa shape index (κ1) is 16.3. The van der Waals surface area contributed by atoms with Gasteiger partial charge in [0.2, 0.25) is 0 Å². The molecule has 0 saturated heterocycles. The quantitative estimate of drug-likeness (QED) is 0.895. The molecule has 3 N–H and O–H groups in total. The third-order valence-electron chi connectivity index (χ3n) is 2.72. The molecule has 0 bridgehead atoms. The van der Waals surface area contributed by atoms with Crippen molar-refractivity contribution >= 4 is 11.7 Å². The molecule has 0 saturated carbocycles. The molecule has 0 aliphatic carbocycles. The third kappa shape index (κ3) is 4.41. The Balaban J connectivity index is 2.75. The van der Waals surface area contributed by atoms with E-state index in [1.807, 2.05) is 13.8 Å². The Bertz CT molecular complexity index is 443. The fourth-order valence-electron chi connectivity index (χ4n) is 1.67. The number of alkyl halides is 3. The molecule has 0 aliphatic rings. The molecule has 0 unspecified atom stereocenters. The summed E-state index contributed by atoms with van der Waals surface area (Å²) in [5, 5.41) is 2.55. The summed E-state index contributed by atoms with van der Waals surface area (Å²) in [6.07, 6.45) is -4.38. The number of carbonyl (C=O) groups is 1. The zero-order valence-corrected chi connectivity index (χ0v) is 11.4. The second-order valence-electron chi connectivity index (χ2n) is 4.58. The molecule has 0 fully saturated rings. The third-order valence-corrected chi connectivity index (χ3v) is 2.72. The number of benzene rings is 1. The molecular formula is C13H18F3N3O. The standard InChI is InChI=1S/C13H18F3N3O/c1-9(2)19(8-7-17)12(20)18-11-5-3-10(4-6-11)13(14,15)16/h3-6,9H,7-8,17H2,1-2H3,(H,18,20). The summed E-state index contributed by atoms with van der Waals surface area (Å²) in [6.45, 7) is 4.37. The average Bonchev–Trinajstić information content (AvgIpc) is 2.34. The Morgan fingerprint density at radius 3 is 2.25 bits per heavy atom. The lowest BCUT2D eigenvalue weighted by Crippen LogP contribution is -2.42. The van der Waals surface area contributed by atoms with Crippen molar-refractivity contribution in [1.82, 2.24) is 4.90 Å².